The second kappa shape index (κ2) is 23.1. The predicted molar refractivity (Wildman–Crippen MR) is 209 cm³/mol. The highest BCUT2D eigenvalue weighted by molar-refractivity contribution is 7.80. The molecule has 0 aliphatic rings. The van der Waals surface area contributed by atoms with Crippen LogP contribution in [0.1, 0.15) is 0 Å². The van der Waals surface area contributed by atoms with Gasteiger partial charge in [-0.25, -0.2) is 0 Å². The third-order valence-electron chi connectivity index (χ3n) is 11.7. The van der Waals surface area contributed by atoms with E-state index in [4.69, 9.17) is 0 Å². The van der Waals surface area contributed by atoms with Gasteiger partial charge in [0, 0.05) is 15.9 Å². The largest absolute Gasteiger partial charge is 0.486 e. The monoisotopic (exact) mass is 1460 g/mol. The van der Waals surface area contributed by atoms with Crippen molar-refractivity contribution in [3.05, 3.63) is 72.8 Å². The van der Waals surface area contributed by atoms with E-state index >= 15 is 26.3 Å². The summed E-state index contributed by atoms with van der Waals surface area (Å²) in [5.74, 6) is -160. The SMILES string of the molecule is FC(F)(F)C(F)(F)C(F)(F)C(F)(F)C(F)(F)C(F)(F)C(F)(F)COc1ccccc1P(c1ccccc1OCC(F)(F)C(F)(F)C(F)(F)C(F)(F)C(F)(F)C(F)(F)C(F)(F)F)c1ccccc1OCC(F)(F)C(F)(F)C(F)(F)C(F)(F)C(F)(F)C(F)(F)C(F)(F)F. The van der Waals surface area contributed by atoms with Gasteiger partial charge in [-0.3, -0.25) is 0 Å². The first-order valence-corrected chi connectivity index (χ1v) is 23.0. The summed E-state index contributed by atoms with van der Waals surface area (Å²) in [4.78, 5) is 0. The molecule has 0 atom stereocenters. The number of ether oxygens (including phenoxy) is 3. The lowest BCUT2D eigenvalue weighted by Gasteiger charge is -2.41. The van der Waals surface area contributed by atoms with Crippen LogP contribution in [0.25, 0.3) is 0 Å². The van der Waals surface area contributed by atoms with Crippen LogP contribution >= 0.6 is 7.92 Å². The number of benzene rings is 3. The van der Waals surface area contributed by atoms with Gasteiger partial charge in [-0.2, -0.15) is 198 Å². The summed E-state index contributed by atoms with van der Waals surface area (Å²) >= 11 is 0. The molecule has 0 heterocycles. The van der Waals surface area contributed by atoms with Gasteiger partial charge in [0.1, 0.15) is 17.2 Å². The Kier molecular flexibility index (Phi) is 20.2. The van der Waals surface area contributed by atoms with E-state index < -0.39 is 186 Å². The van der Waals surface area contributed by atoms with Crippen LogP contribution in [0.15, 0.2) is 72.8 Å². The zero-order valence-corrected chi connectivity index (χ0v) is 42.1. The minimum atomic E-state index is -9.01. The minimum absolute atomic E-state index is 0.0119. The fourth-order valence-electron chi connectivity index (χ4n) is 6.46. The highest BCUT2D eigenvalue weighted by Gasteiger charge is 2.96. The van der Waals surface area contributed by atoms with Gasteiger partial charge < -0.3 is 14.2 Å². The van der Waals surface area contributed by atoms with Gasteiger partial charge in [0.15, 0.2) is 19.8 Å². The van der Waals surface area contributed by atoms with E-state index in [0.29, 0.717) is 18.2 Å². The first-order chi connectivity index (χ1) is 39.7. The Labute approximate surface area is 471 Å². The van der Waals surface area contributed by atoms with Crippen LogP contribution in [0.2, 0.25) is 0 Å². The molecule has 0 unspecified atom stereocenters. The van der Waals surface area contributed by atoms with Gasteiger partial charge in [-0.15, -0.1) is 0 Å². The Bertz CT molecular complexity index is 2710. The van der Waals surface area contributed by atoms with Crippen molar-refractivity contribution in [2.24, 2.45) is 0 Å². The standard InChI is InChI=1S/C42H18F45O3P/c43-22(44,25(49,50)28(55,56)31(61,62)34(67,68)37(73,74)40(79,80)81)13-88-16-7-1-4-10-19(16)91(20-11-5-2-8-17(20)89-14-23(45,46)26(51,52)29(57,58)32(63,64)35(69,70)38(75,76)41(82,83)84)21-12-6-3-9-18(21)90-15-24(47,48)27(53,54)30(59,60)33(65,66)36(71,72)39(77,78)42(85,86)87/h1-12H,13-15H2. The maximum atomic E-state index is 15.1. The molecule has 91 heavy (non-hydrogen) atoms. The van der Waals surface area contributed by atoms with E-state index in [1.54, 1.807) is 0 Å². The summed E-state index contributed by atoms with van der Waals surface area (Å²) in [7, 11) is -4.32. The minimum Gasteiger partial charge on any atom is -0.486 e. The molecule has 0 aliphatic heterocycles. The molecule has 49 heteroatoms. The molecule has 3 rings (SSSR count). The molecule has 0 N–H and O–H groups in total. The van der Waals surface area contributed by atoms with Crippen molar-refractivity contribution >= 4 is 23.8 Å². The Morgan fingerprint density at radius 3 is 0.505 bits per heavy atom. The lowest BCUT2D eigenvalue weighted by molar-refractivity contribution is -0.453. The summed E-state index contributed by atoms with van der Waals surface area (Å²) in [6, 6.07) is 1.10. The molecule has 0 amide bonds. The lowest BCUT2D eigenvalue weighted by atomic mass is 9.91. The van der Waals surface area contributed by atoms with Crippen molar-refractivity contribution in [2.45, 2.75) is 125 Å². The van der Waals surface area contributed by atoms with Crippen molar-refractivity contribution in [1.82, 2.24) is 0 Å². The average molecular weight is 1460 g/mol. The van der Waals surface area contributed by atoms with Crippen molar-refractivity contribution in [3.63, 3.8) is 0 Å². The fourth-order valence-corrected chi connectivity index (χ4v) is 9.02. The van der Waals surface area contributed by atoms with Gasteiger partial charge in [-0.1, -0.05) is 54.6 Å². The number of hydrogen-bond donors (Lipinski definition) is 0. The summed E-state index contributed by atoms with van der Waals surface area (Å²) in [5, 5.41) is -5.11. The normalized spacial score (nSPS) is 15.8. The molecule has 524 valence electrons. The quantitative estimate of drug-likeness (QED) is 0.0562. The molecule has 0 aromatic heterocycles. The van der Waals surface area contributed by atoms with Crippen LogP contribution in [0.3, 0.4) is 0 Å². The Balaban J connectivity index is 2.42. The molecule has 0 saturated heterocycles. The van der Waals surface area contributed by atoms with Crippen LogP contribution < -0.4 is 30.1 Å². The van der Waals surface area contributed by atoms with E-state index in [0.717, 1.165) is 0 Å². The molecule has 0 saturated carbocycles. The van der Waals surface area contributed by atoms with E-state index in [1.165, 1.54) is 0 Å². The molecule has 3 aromatic carbocycles. The van der Waals surface area contributed by atoms with E-state index in [1.807, 2.05) is 0 Å². The van der Waals surface area contributed by atoms with Gasteiger partial charge in [0.05, 0.1) is 0 Å². The number of rotatable bonds is 27. The molecule has 0 bridgehead atoms. The van der Waals surface area contributed by atoms with Crippen molar-refractivity contribution in [1.29, 1.82) is 0 Å². The van der Waals surface area contributed by atoms with Crippen molar-refractivity contribution < 1.29 is 212 Å². The number of para-hydroxylation sites is 3. The smallest absolute Gasteiger partial charge is 0.460 e. The molecule has 3 aromatic rings. The van der Waals surface area contributed by atoms with Crippen molar-refractivity contribution in [3.8, 4) is 17.2 Å². The number of hydrogen-bond acceptors (Lipinski definition) is 3. The van der Waals surface area contributed by atoms with E-state index in [2.05, 4.69) is 14.2 Å². The Hall–Kier alpha value is -5.66. The second-order valence-corrected chi connectivity index (χ2v) is 19.9. The molecule has 0 aliphatic carbocycles. The predicted octanol–water partition coefficient (Wildman–Crippen LogP) is 17.7. The highest BCUT2D eigenvalue weighted by Crippen LogP contribution is 2.66. The second-order valence-electron chi connectivity index (χ2n) is 17.8. The third-order valence-corrected chi connectivity index (χ3v) is 14.3. The zero-order chi connectivity index (χ0) is 72.3. The Morgan fingerprint density at radius 1 is 0.198 bits per heavy atom. The maximum absolute atomic E-state index is 15.1. The first-order valence-electron chi connectivity index (χ1n) is 21.7. The fraction of sp³-hybridized carbons (Fsp3) is 0.571. The first kappa shape index (κ1) is 79.6. The summed E-state index contributed by atoms with van der Waals surface area (Å²) in [6.45, 7) is -11.9. The summed E-state index contributed by atoms with van der Waals surface area (Å²) < 4.78 is 641. The molecule has 0 radical (unpaired) electrons. The number of halogens is 45. The lowest BCUT2D eigenvalue weighted by Crippen LogP contribution is -2.73. The van der Waals surface area contributed by atoms with Crippen molar-refractivity contribution in [2.75, 3.05) is 19.8 Å². The molecule has 3 nitrogen and oxygen atoms in total. The molecular formula is C42H18F45O3P. The summed E-state index contributed by atoms with van der Waals surface area (Å²) in [5.41, 5.74) is 0. The maximum Gasteiger partial charge on any atom is 0.460 e. The average Bonchev–Trinajstić information content (AvgIpc) is 0.717. The van der Waals surface area contributed by atoms with Gasteiger partial charge in [0.2, 0.25) is 0 Å². The zero-order valence-electron chi connectivity index (χ0n) is 41.2. The van der Waals surface area contributed by atoms with Crippen LogP contribution in [-0.4, -0.2) is 145 Å². The van der Waals surface area contributed by atoms with Crippen LogP contribution in [0.5, 0.6) is 17.2 Å². The van der Waals surface area contributed by atoms with E-state index in [-0.39, 0.29) is 54.6 Å². The summed E-state index contributed by atoms with van der Waals surface area (Å²) in [6.07, 6.45) is -24.4. The molecule has 0 fully saturated rings. The number of alkyl halides is 45. The molecular weight excluding hydrogens is 1440 g/mol. The highest BCUT2D eigenvalue weighted by atomic mass is 31.1. The van der Waals surface area contributed by atoms with Crippen LogP contribution in [0.4, 0.5) is 198 Å². The van der Waals surface area contributed by atoms with Crippen LogP contribution in [-0.2, 0) is 0 Å². The van der Waals surface area contributed by atoms with E-state index in [9.17, 15) is 171 Å². The van der Waals surface area contributed by atoms with Gasteiger partial charge in [-0.05, 0) is 26.1 Å². The third kappa shape index (κ3) is 11.9. The van der Waals surface area contributed by atoms with Gasteiger partial charge >= 0.3 is 125 Å². The van der Waals surface area contributed by atoms with Gasteiger partial charge in [0.25, 0.3) is 0 Å². The Morgan fingerprint density at radius 2 is 0.341 bits per heavy atom. The van der Waals surface area contributed by atoms with Crippen LogP contribution in [0, 0.1) is 0 Å². The molecule has 0 spiro atoms. The topological polar surface area (TPSA) is 27.7 Å².